The number of halogens is 2. The molecule has 2 atom stereocenters. The van der Waals surface area contributed by atoms with Gasteiger partial charge >= 0.3 is 0 Å². The highest BCUT2D eigenvalue weighted by atomic mass is 19.1. The Kier molecular flexibility index (Phi) is 5.48. The molecule has 1 aromatic heterocycles. The number of hydrogen-bond donors (Lipinski definition) is 0. The predicted molar refractivity (Wildman–Crippen MR) is 121 cm³/mol. The molecule has 7 heteroatoms. The highest BCUT2D eigenvalue weighted by Crippen LogP contribution is 2.43. The topological polar surface area (TPSA) is 47.4 Å². The standard InChI is InChI=1S/C26H25F2N3O2/c1-16-14-30(15-29-16)24-7-3-17(10-25(24)33-2)9-18-4-5-22-6-8-23(31(22)26(18)32)19-11-20(27)13-21(28)12-19/h3,7,9-15,22-23H,4-6,8H2,1-2H3/t22-,23-/m0/s1. The molecule has 0 aliphatic carbocycles. The number of methoxy groups -OCH3 is 1. The van der Waals surface area contributed by atoms with E-state index >= 15 is 0 Å². The van der Waals surface area contributed by atoms with Gasteiger partial charge in [0.2, 0.25) is 0 Å². The summed E-state index contributed by atoms with van der Waals surface area (Å²) in [6, 6.07) is 9.12. The Morgan fingerprint density at radius 3 is 2.58 bits per heavy atom. The third-order valence-electron chi connectivity index (χ3n) is 6.56. The molecule has 0 saturated carbocycles. The van der Waals surface area contributed by atoms with Crippen LogP contribution < -0.4 is 4.74 Å². The van der Waals surface area contributed by atoms with Crippen LogP contribution in [0.4, 0.5) is 8.78 Å². The highest BCUT2D eigenvalue weighted by molar-refractivity contribution is 5.99. The Balaban J connectivity index is 1.44. The molecule has 2 aliphatic heterocycles. The van der Waals surface area contributed by atoms with Crippen molar-refractivity contribution in [1.29, 1.82) is 0 Å². The second-order valence-corrected chi connectivity index (χ2v) is 8.72. The number of rotatable bonds is 4. The normalized spacial score (nSPS) is 21.5. The second kappa shape index (κ2) is 8.46. The first kappa shape index (κ1) is 21.4. The molecule has 5 nitrogen and oxygen atoms in total. The predicted octanol–water partition coefficient (Wildman–Crippen LogP) is 5.38. The molecule has 0 radical (unpaired) electrons. The number of hydrogen-bond acceptors (Lipinski definition) is 3. The largest absolute Gasteiger partial charge is 0.495 e. The van der Waals surface area contributed by atoms with Crippen molar-refractivity contribution in [1.82, 2.24) is 14.5 Å². The summed E-state index contributed by atoms with van der Waals surface area (Å²) < 4.78 is 35.1. The molecule has 2 saturated heterocycles. The van der Waals surface area contributed by atoms with E-state index in [2.05, 4.69) is 4.98 Å². The first-order chi connectivity index (χ1) is 15.9. The zero-order chi connectivity index (χ0) is 23.1. The average Bonchev–Trinajstić information content (AvgIpc) is 3.41. The number of imidazole rings is 1. The summed E-state index contributed by atoms with van der Waals surface area (Å²) in [7, 11) is 1.61. The summed E-state index contributed by atoms with van der Waals surface area (Å²) in [5.74, 6) is -0.619. The van der Waals surface area contributed by atoms with Crippen LogP contribution in [0.2, 0.25) is 0 Å². The van der Waals surface area contributed by atoms with E-state index in [9.17, 15) is 13.6 Å². The molecule has 0 bridgehead atoms. The monoisotopic (exact) mass is 449 g/mol. The number of benzene rings is 2. The number of carbonyl (C=O) groups excluding carboxylic acids is 1. The molecule has 33 heavy (non-hydrogen) atoms. The summed E-state index contributed by atoms with van der Waals surface area (Å²) in [5.41, 5.74) is 3.85. The lowest BCUT2D eigenvalue weighted by Gasteiger charge is -2.35. The second-order valence-electron chi connectivity index (χ2n) is 8.72. The van der Waals surface area contributed by atoms with Crippen molar-refractivity contribution in [3.63, 3.8) is 0 Å². The first-order valence-electron chi connectivity index (χ1n) is 11.1. The SMILES string of the molecule is COc1cc(C=C2CC[C@H]3CC[C@@H](c4cc(F)cc(F)c4)N3C2=O)ccc1-n1cnc(C)c1. The lowest BCUT2D eigenvalue weighted by Crippen LogP contribution is -2.41. The van der Waals surface area contributed by atoms with Gasteiger partial charge in [-0.3, -0.25) is 4.79 Å². The Labute approximate surface area is 191 Å². The van der Waals surface area contributed by atoms with Crippen molar-refractivity contribution in [3.8, 4) is 11.4 Å². The van der Waals surface area contributed by atoms with E-state index < -0.39 is 11.6 Å². The van der Waals surface area contributed by atoms with Crippen molar-refractivity contribution in [2.75, 3.05) is 7.11 Å². The van der Waals surface area contributed by atoms with E-state index in [1.807, 2.05) is 46.9 Å². The van der Waals surface area contributed by atoms with E-state index in [0.29, 0.717) is 29.7 Å². The van der Waals surface area contributed by atoms with E-state index in [4.69, 9.17) is 4.74 Å². The van der Waals surface area contributed by atoms with Gasteiger partial charge in [0, 0.05) is 23.9 Å². The van der Waals surface area contributed by atoms with Crippen LogP contribution in [0.25, 0.3) is 11.8 Å². The molecule has 170 valence electrons. The number of carbonyl (C=O) groups is 1. The third kappa shape index (κ3) is 4.03. The third-order valence-corrected chi connectivity index (χ3v) is 6.56. The molecule has 3 aromatic rings. The first-order valence-corrected chi connectivity index (χ1v) is 11.1. The van der Waals surface area contributed by atoms with Gasteiger partial charge in [0.15, 0.2) is 0 Å². The summed E-state index contributed by atoms with van der Waals surface area (Å²) in [4.78, 5) is 19.5. The van der Waals surface area contributed by atoms with Gasteiger partial charge in [0.1, 0.15) is 17.4 Å². The lowest BCUT2D eigenvalue weighted by atomic mass is 9.95. The van der Waals surface area contributed by atoms with Gasteiger partial charge in [-0.25, -0.2) is 13.8 Å². The minimum absolute atomic E-state index is 0.0632. The number of nitrogens with zero attached hydrogens (tertiary/aromatic N) is 3. The molecule has 0 N–H and O–H groups in total. The van der Waals surface area contributed by atoms with Crippen LogP contribution >= 0.6 is 0 Å². The molecular formula is C26H25F2N3O2. The number of piperidine rings is 1. The van der Waals surface area contributed by atoms with E-state index in [1.54, 1.807) is 13.4 Å². The highest BCUT2D eigenvalue weighted by Gasteiger charge is 2.41. The number of aryl methyl sites for hydroxylation is 1. The molecule has 2 fully saturated rings. The van der Waals surface area contributed by atoms with Gasteiger partial charge in [-0.15, -0.1) is 0 Å². The fraction of sp³-hybridized carbons (Fsp3) is 0.308. The molecule has 0 unspecified atom stereocenters. The average molecular weight is 450 g/mol. The number of fused-ring (bicyclic) bond motifs is 1. The van der Waals surface area contributed by atoms with Crippen molar-refractivity contribution in [2.45, 2.75) is 44.7 Å². The molecule has 3 heterocycles. The number of ether oxygens (including phenoxy) is 1. The van der Waals surface area contributed by atoms with Crippen LogP contribution in [-0.2, 0) is 4.79 Å². The summed E-state index contributed by atoms with van der Waals surface area (Å²) >= 11 is 0. The Bertz CT molecular complexity index is 1230. The van der Waals surface area contributed by atoms with Gasteiger partial charge in [-0.2, -0.15) is 0 Å². The van der Waals surface area contributed by atoms with Crippen molar-refractivity contribution < 1.29 is 18.3 Å². The van der Waals surface area contributed by atoms with Crippen LogP contribution in [0.5, 0.6) is 5.75 Å². The zero-order valence-electron chi connectivity index (χ0n) is 18.6. The maximum absolute atomic E-state index is 13.8. The van der Waals surface area contributed by atoms with E-state index in [-0.39, 0.29) is 18.0 Å². The molecule has 1 amide bonds. The van der Waals surface area contributed by atoms with Crippen LogP contribution in [0.1, 0.15) is 48.5 Å². The van der Waals surface area contributed by atoms with E-state index in [1.165, 1.54) is 12.1 Å². The molecule has 0 spiro atoms. The van der Waals surface area contributed by atoms with Crippen LogP contribution in [0, 0.1) is 18.6 Å². The van der Waals surface area contributed by atoms with Crippen molar-refractivity contribution in [2.24, 2.45) is 0 Å². The fourth-order valence-corrected chi connectivity index (χ4v) is 5.05. The molecule has 5 rings (SSSR count). The minimum atomic E-state index is -0.617. The van der Waals surface area contributed by atoms with Crippen LogP contribution in [0.3, 0.4) is 0 Å². The Morgan fingerprint density at radius 1 is 1.09 bits per heavy atom. The van der Waals surface area contributed by atoms with Gasteiger partial charge in [0.05, 0.1) is 30.9 Å². The van der Waals surface area contributed by atoms with Gasteiger partial charge in [0.25, 0.3) is 5.91 Å². The van der Waals surface area contributed by atoms with Gasteiger partial charge in [-0.05, 0) is 74.1 Å². The number of amides is 1. The van der Waals surface area contributed by atoms with E-state index in [0.717, 1.165) is 35.9 Å². The van der Waals surface area contributed by atoms with Gasteiger partial charge < -0.3 is 14.2 Å². The maximum Gasteiger partial charge on any atom is 0.250 e. The molecular weight excluding hydrogens is 424 g/mol. The maximum atomic E-state index is 13.8. The summed E-state index contributed by atoms with van der Waals surface area (Å²) in [5, 5.41) is 0. The van der Waals surface area contributed by atoms with Crippen LogP contribution in [-0.4, -0.2) is 33.5 Å². The van der Waals surface area contributed by atoms with Gasteiger partial charge in [-0.1, -0.05) is 6.07 Å². The minimum Gasteiger partial charge on any atom is -0.495 e. The summed E-state index contributed by atoms with van der Waals surface area (Å²) in [6.07, 6.45) is 8.62. The molecule has 2 aliphatic rings. The Morgan fingerprint density at radius 2 is 1.88 bits per heavy atom. The van der Waals surface area contributed by atoms with Crippen LogP contribution in [0.15, 0.2) is 54.5 Å². The fourth-order valence-electron chi connectivity index (χ4n) is 5.05. The molecule has 2 aromatic carbocycles. The Hall–Kier alpha value is -3.48. The number of aromatic nitrogens is 2. The van der Waals surface area contributed by atoms with Crippen molar-refractivity contribution in [3.05, 3.63) is 83.0 Å². The quantitative estimate of drug-likeness (QED) is 0.503. The summed E-state index contributed by atoms with van der Waals surface area (Å²) in [6.45, 7) is 1.92. The lowest BCUT2D eigenvalue weighted by molar-refractivity contribution is -0.131. The zero-order valence-corrected chi connectivity index (χ0v) is 18.6. The smallest absolute Gasteiger partial charge is 0.250 e. The van der Waals surface area contributed by atoms with Crippen molar-refractivity contribution >= 4 is 12.0 Å².